The van der Waals surface area contributed by atoms with Gasteiger partial charge in [-0.25, -0.2) is 5.14 Å². The Kier molecular flexibility index (Phi) is 3.79. The van der Waals surface area contributed by atoms with Crippen LogP contribution < -0.4 is 9.86 Å². The second kappa shape index (κ2) is 5.23. The highest BCUT2D eigenvalue weighted by atomic mass is 32.2. The number of ketones is 1. The molecule has 0 saturated heterocycles. The van der Waals surface area contributed by atoms with Gasteiger partial charge in [-0.3, -0.25) is 9.52 Å². The molecule has 0 fully saturated rings. The van der Waals surface area contributed by atoms with Crippen LogP contribution in [0.25, 0.3) is 0 Å². The Morgan fingerprint density at radius 2 is 2.15 bits per heavy atom. The van der Waals surface area contributed by atoms with Crippen LogP contribution in [-0.2, 0) is 21.4 Å². The molecule has 0 spiro atoms. The van der Waals surface area contributed by atoms with Crippen molar-refractivity contribution in [3.63, 3.8) is 0 Å². The third-order valence-electron chi connectivity index (χ3n) is 3.43. The topological polar surface area (TPSA) is 113 Å². The van der Waals surface area contributed by atoms with Gasteiger partial charge in [0.25, 0.3) is 10.2 Å². The van der Waals surface area contributed by atoms with Gasteiger partial charge in [-0.15, -0.1) is 0 Å². The predicted molar refractivity (Wildman–Crippen MR) is 74.0 cm³/mol. The number of nitriles is 1. The lowest BCUT2D eigenvalue weighted by Crippen LogP contribution is -2.26. The maximum Gasteiger partial charge on any atom is 0.296 e. The minimum Gasteiger partial charge on any atom is -0.299 e. The van der Waals surface area contributed by atoms with Gasteiger partial charge in [0.2, 0.25) is 0 Å². The molecule has 0 radical (unpaired) electrons. The van der Waals surface area contributed by atoms with E-state index in [1.165, 1.54) is 0 Å². The van der Waals surface area contributed by atoms with E-state index in [1.54, 1.807) is 25.1 Å². The third kappa shape index (κ3) is 2.98. The number of carbonyl (C=O) groups excluding carboxylic acids is 1. The van der Waals surface area contributed by atoms with E-state index in [2.05, 4.69) is 10.8 Å². The summed E-state index contributed by atoms with van der Waals surface area (Å²) in [5, 5.41) is 14.0. The zero-order valence-corrected chi connectivity index (χ0v) is 11.8. The lowest BCUT2D eigenvalue weighted by atomic mass is 9.76. The number of carbonyl (C=O) groups is 1. The quantitative estimate of drug-likeness (QED) is 0.867. The number of hydrogen-bond donors (Lipinski definition) is 2. The fraction of sp³-hybridized carbons (Fsp3) is 0.385. The summed E-state index contributed by atoms with van der Waals surface area (Å²) >= 11 is 0. The van der Waals surface area contributed by atoms with Crippen molar-refractivity contribution in [2.45, 2.75) is 25.7 Å². The van der Waals surface area contributed by atoms with Gasteiger partial charge in [-0.1, -0.05) is 6.07 Å². The molecule has 1 aliphatic carbocycles. The van der Waals surface area contributed by atoms with Crippen LogP contribution >= 0.6 is 0 Å². The number of rotatable bonds is 3. The highest BCUT2D eigenvalue weighted by Crippen LogP contribution is 2.35. The summed E-state index contributed by atoms with van der Waals surface area (Å²) in [5.74, 6) is -0.787. The number of nitrogens with one attached hydrogen (secondary N) is 1. The first-order valence-electron chi connectivity index (χ1n) is 6.17. The maximum absolute atomic E-state index is 12.0. The molecule has 0 saturated carbocycles. The molecule has 1 aromatic rings. The molecule has 2 rings (SSSR count). The zero-order chi connectivity index (χ0) is 14.9. The van der Waals surface area contributed by atoms with Gasteiger partial charge in [0.1, 0.15) is 5.78 Å². The molecule has 7 heteroatoms. The normalized spacial score (nSPS) is 19.9. The Morgan fingerprint density at radius 3 is 2.75 bits per heavy atom. The smallest absolute Gasteiger partial charge is 0.296 e. The van der Waals surface area contributed by atoms with Crippen LogP contribution in [0.3, 0.4) is 0 Å². The van der Waals surface area contributed by atoms with Crippen molar-refractivity contribution >= 4 is 21.7 Å². The molecule has 0 aliphatic heterocycles. The van der Waals surface area contributed by atoms with E-state index in [0.29, 0.717) is 18.5 Å². The highest BCUT2D eigenvalue weighted by molar-refractivity contribution is 7.90. The average molecular weight is 293 g/mol. The average Bonchev–Trinajstić information content (AvgIpc) is 2.36. The monoisotopic (exact) mass is 293 g/mol. The Bertz CT molecular complexity index is 691. The molecule has 1 aromatic carbocycles. The summed E-state index contributed by atoms with van der Waals surface area (Å²) in [4.78, 5) is 12.0. The van der Waals surface area contributed by atoms with Crippen LogP contribution in [0.1, 0.15) is 30.4 Å². The molecule has 106 valence electrons. The predicted octanol–water partition coefficient (Wildman–Crippen LogP) is 1.06. The standard InChI is InChI=1S/C13H15N3O3S/c1-8(7-14)13-11-4-3-10(16-20(15,18)19)6-9(11)2-5-12(13)17/h3-4,6,8,13,16H,2,5H2,1H3,(H2,15,18,19)/t8-,13-/m0/s1. The molecule has 0 aromatic heterocycles. The van der Waals surface area contributed by atoms with Crippen LogP contribution in [0.4, 0.5) is 5.69 Å². The summed E-state index contributed by atoms with van der Waals surface area (Å²) in [5.41, 5.74) is 2.05. The van der Waals surface area contributed by atoms with E-state index >= 15 is 0 Å². The van der Waals surface area contributed by atoms with Crippen molar-refractivity contribution in [2.24, 2.45) is 11.1 Å². The number of nitrogens with zero attached hydrogens (tertiary/aromatic N) is 1. The van der Waals surface area contributed by atoms with E-state index in [9.17, 15) is 13.2 Å². The Morgan fingerprint density at radius 1 is 1.45 bits per heavy atom. The molecular weight excluding hydrogens is 278 g/mol. The van der Waals surface area contributed by atoms with Crippen molar-refractivity contribution in [3.8, 4) is 6.07 Å². The third-order valence-corrected chi connectivity index (χ3v) is 3.95. The molecule has 6 nitrogen and oxygen atoms in total. The maximum atomic E-state index is 12.0. The Labute approximate surface area is 117 Å². The minimum absolute atomic E-state index is 0.0544. The molecule has 20 heavy (non-hydrogen) atoms. The van der Waals surface area contributed by atoms with Crippen molar-refractivity contribution in [1.82, 2.24) is 0 Å². The molecule has 2 atom stereocenters. The number of Topliss-reactive ketones (excluding diaryl/α,β-unsaturated/α-hetero) is 1. The Hall–Kier alpha value is -1.91. The molecule has 0 unspecified atom stereocenters. The fourth-order valence-corrected chi connectivity index (χ4v) is 3.02. The van der Waals surface area contributed by atoms with Gasteiger partial charge in [0, 0.05) is 6.42 Å². The van der Waals surface area contributed by atoms with Gasteiger partial charge < -0.3 is 0 Å². The minimum atomic E-state index is -3.82. The number of fused-ring (bicyclic) bond motifs is 1. The number of nitrogens with two attached hydrogens (primary N) is 1. The fourth-order valence-electron chi connectivity index (χ4n) is 2.56. The molecule has 3 N–H and O–H groups in total. The SMILES string of the molecule is C[C@@H](C#N)[C@@H]1C(=O)CCc2cc(NS(N)(=O)=O)ccc21. The molecule has 0 amide bonds. The highest BCUT2D eigenvalue weighted by Gasteiger charge is 2.32. The van der Waals surface area contributed by atoms with Crippen LogP contribution in [-0.4, -0.2) is 14.2 Å². The zero-order valence-electron chi connectivity index (χ0n) is 11.0. The van der Waals surface area contributed by atoms with E-state index in [-0.39, 0.29) is 5.78 Å². The van der Waals surface area contributed by atoms with Crippen LogP contribution in [0.5, 0.6) is 0 Å². The van der Waals surface area contributed by atoms with Crippen molar-refractivity contribution in [2.75, 3.05) is 4.72 Å². The largest absolute Gasteiger partial charge is 0.299 e. The molecular formula is C13H15N3O3S. The summed E-state index contributed by atoms with van der Waals surface area (Å²) < 4.78 is 24.2. The number of benzene rings is 1. The lowest BCUT2D eigenvalue weighted by Gasteiger charge is -2.26. The first kappa shape index (κ1) is 14.5. The number of aryl methyl sites for hydroxylation is 1. The van der Waals surface area contributed by atoms with Gasteiger partial charge >= 0.3 is 0 Å². The van der Waals surface area contributed by atoms with E-state index in [0.717, 1.165) is 11.1 Å². The lowest BCUT2D eigenvalue weighted by molar-refractivity contribution is -0.121. The van der Waals surface area contributed by atoms with Gasteiger partial charge in [-0.05, 0) is 36.6 Å². The molecule has 0 heterocycles. The number of hydrogen-bond acceptors (Lipinski definition) is 4. The van der Waals surface area contributed by atoms with E-state index < -0.39 is 22.0 Å². The van der Waals surface area contributed by atoms with E-state index in [1.807, 2.05) is 0 Å². The summed E-state index contributed by atoms with van der Waals surface area (Å²) in [6.45, 7) is 1.72. The van der Waals surface area contributed by atoms with Crippen LogP contribution in [0.15, 0.2) is 18.2 Å². The van der Waals surface area contributed by atoms with Gasteiger partial charge in [0.15, 0.2) is 0 Å². The molecule has 1 aliphatic rings. The van der Waals surface area contributed by atoms with Gasteiger partial charge in [-0.2, -0.15) is 13.7 Å². The van der Waals surface area contributed by atoms with Crippen molar-refractivity contribution in [3.05, 3.63) is 29.3 Å². The van der Waals surface area contributed by atoms with Crippen molar-refractivity contribution in [1.29, 1.82) is 5.26 Å². The van der Waals surface area contributed by atoms with Crippen LogP contribution in [0, 0.1) is 17.2 Å². The van der Waals surface area contributed by atoms with Crippen molar-refractivity contribution < 1.29 is 13.2 Å². The summed E-state index contributed by atoms with van der Waals surface area (Å²) in [7, 11) is -3.82. The van der Waals surface area contributed by atoms with Crippen LogP contribution in [0.2, 0.25) is 0 Å². The second-order valence-corrected chi connectivity index (χ2v) is 6.22. The Balaban J connectivity index is 2.41. The first-order valence-corrected chi connectivity index (χ1v) is 7.72. The number of anilines is 1. The first-order chi connectivity index (χ1) is 9.31. The second-order valence-electron chi connectivity index (χ2n) is 4.92. The summed E-state index contributed by atoms with van der Waals surface area (Å²) in [6.07, 6.45) is 0.908. The molecule has 0 bridgehead atoms. The summed E-state index contributed by atoms with van der Waals surface area (Å²) in [6, 6.07) is 7.02. The van der Waals surface area contributed by atoms with E-state index in [4.69, 9.17) is 10.4 Å². The van der Waals surface area contributed by atoms with Gasteiger partial charge in [0.05, 0.1) is 23.6 Å².